The number of carbonyl (C=O) groups excluding carboxylic acids is 1. The minimum Gasteiger partial charge on any atom is -0.398 e. The van der Waals surface area contributed by atoms with Gasteiger partial charge in [-0.25, -0.2) is 0 Å². The molecule has 1 amide bonds. The lowest BCUT2D eigenvalue weighted by Gasteiger charge is -2.08. The van der Waals surface area contributed by atoms with Crippen molar-refractivity contribution in [1.29, 1.82) is 0 Å². The van der Waals surface area contributed by atoms with Crippen LogP contribution in [0.4, 0.5) is 5.69 Å². The fraction of sp³-hybridized carbons (Fsp3) is 0.133. The highest BCUT2D eigenvalue weighted by molar-refractivity contribution is 9.10. The van der Waals surface area contributed by atoms with E-state index >= 15 is 0 Å². The van der Waals surface area contributed by atoms with Crippen molar-refractivity contribution >= 4 is 27.5 Å². The molecular formula is C15H15BrN2O. The van der Waals surface area contributed by atoms with Crippen LogP contribution in [0.25, 0.3) is 0 Å². The van der Waals surface area contributed by atoms with Gasteiger partial charge < -0.3 is 11.1 Å². The highest BCUT2D eigenvalue weighted by Gasteiger charge is 2.07. The van der Waals surface area contributed by atoms with Gasteiger partial charge in [0.25, 0.3) is 5.91 Å². The summed E-state index contributed by atoms with van der Waals surface area (Å²) in [7, 11) is 0. The van der Waals surface area contributed by atoms with Gasteiger partial charge in [-0.15, -0.1) is 0 Å². The number of anilines is 1. The van der Waals surface area contributed by atoms with Crippen LogP contribution in [0.15, 0.2) is 46.9 Å². The summed E-state index contributed by atoms with van der Waals surface area (Å²) in [6, 6.07) is 13.0. The van der Waals surface area contributed by atoms with Crippen molar-refractivity contribution in [1.82, 2.24) is 5.32 Å². The van der Waals surface area contributed by atoms with Crippen molar-refractivity contribution in [2.24, 2.45) is 0 Å². The monoisotopic (exact) mass is 318 g/mol. The Bertz CT molecular complexity index is 611. The van der Waals surface area contributed by atoms with Crippen LogP contribution in [-0.2, 0) is 6.54 Å². The summed E-state index contributed by atoms with van der Waals surface area (Å²) in [5.41, 5.74) is 9.13. The topological polar surface area (TPSA) is 55.1 Å². The van der Waals surface area contributed by atoms with E-state index in [4.69, 9.17) is 5.73 Å². The molecule has 0 aliphatic rings. The molecule has 2 rings (SSSR count). The molecule has 0 saturated heterocycles. The fourth-order valence-electron chi connectivity index (χ4n) is 1.76. The van der Waals surface area contributed by atoms with Crippen molar-refractivity contribution < 1.29 is 4.79 Å². The van der Waals surface area contributed by atoms with E-state index in [1.165, 1.54) is 0 Å². The maximum atomic E-state index is 12.0. The molecule has 0 aliphatic heterocycles. The number of hydrogen-bond acceptors (Lipinski definition) is 2. The minimum absolute atomic E-state index is 0.0983. The SMILES string of the molecule is Cc1cc(C(=O)NCc2ccccc2N)ccc1Br. The first-order valence-corrected chi connectivity index (χ1v) is 6.75. The van der Waals surface area contributed by atoms with Gasteiger partial charge in [0.2, 0.25) is 0 Å². The maximum absolute atomic E-state index is 12.0. The van der Waals surface area contributed by atoms with Gasteiger partial charge in [-0.05, 0) is 42.3 Å². The van der Waals surface area contributed by atoms with Crippen molar-refractivity contribution in [2.75, 3.05) is 5.73 Å². The van der Waals surface area contributed by atoms with Crippen LogP contribution in [0.3, 0.4) is 0 Å². The Morgan fingerprint density at radius 1 is 1.26 bits per heavy atom. The molecule has 0 spiro atoms. The molecule has 19 heavy (non-hydrogen) atoms. The lowest BCUT2D eigenvalue weighted by Crippen LogP contribution is -2.23. The molecule has 98 valence electrons. The maximum Gasteiger partial charge on any atom is 0.251 e. The summed E-state index contributed by atoms with van der Waals surface area (Å²) in [4.78, 5) is 12.0. The predicted molar refractivity (Wildman–Crippen MR) is 80.9 cm³/mol. The number of nitrogens with two attached hydrogens (primary N) is 1. The number of amides is 1. The second-order valence-corrected chi connectivity index (χ2v) is 5.20. The summed E-state index contributed by atoms with van der Waals surface area (Å²) in [5, 5.41) is 2.87. The molecule has 3 nitrogen and oxygen atoms in total. The van der Waals surface area contributed by atoms with Gasteiger partial charge >= 0.3 is 0 Å². The fourth-order valence-corrected chi connectivity index (χ4v) is 2.01. The van der Waals surface area contributed by atoms with E-state index in [0.717, 1.165) is 15.6 Å². The summed E-state index contributed by atoms with van der Waals surface area (Å²) in [5.74, 6) is -0.0983. The van der Waals surface area contributed by atoms with Crippen molar-refractivity contribution in [3.05, 3.63) is 63.6 Å². The number of benzene rings is 2. The van der Waals surface area contributed by atoms with E-state index in [1.807, 2.05) is 43.3 Å². The quantitative estimate of drug-likeness (QED) is 0.853. The van der Waals surface area contributed by atoms with Gasteiger partial charge in [-0.1, -0.05) is 34.1 Å². The Morgan fingerprint density at radius 2 is 2.00 bits per heavy atom. The number of nitrogen functional groups attached to an aromatic ring is 1. The molecule has 0 aromatic heterocycles. The number of aryl methyl sites for hydroxylation is 1. The summed E-state index contributed by atoms with van der Waals surface area (Å²) >= 11 is 3.42. The highest BCUT2D eigenvalue weighted by Crippen LogP contribution is 2.17. The molecule has 0 heterocycles. The zero-order valence-electron chi connectivity index (χ0n) is 10.6. The van der Waals surface area contributed by atoms with Crippen LogP contribution in [-0.4, -0.2) is 5.91 Å². The van der Waals surface area contributed by atoms with E-state index in [0.29, 0.717) is 17.8 Å². The third kappa shape index (κ3) is 3.35. The van der Waals surface area contributed by atoms with E-state index < -0.39 is 0 Å². The normalized spacial score (nSPS) is 10.2. The van der Waals surface area contributed by atoms with Crippen molar-refractivity contribution in [2.45, 2.75) is 13.5 Å². The second-order valence-electron chi connectivity index (χ2n) is 4.35. The van der Waals surface area contributed by atoms with E-state index in [9.17, 15) is 4.79 Å². The molecule has 0 bridgehead atoms. The Labute approximate surface area is 121 Å². The van der Waals surface area contributed by atoms with Crippen LogP contribution < -0.4 is 11.1 Å². The molecule has 0 unspecified atom stereocenters. The lowest BCUT2D eigenvalue weighted by atomic mass is 10.1. The number of para-hydroxylation sites is 1. The van der Waals surface area contributed by atoms with Gasteiger partial charge in [0.1, 0.15) is 0 Å². The third-order valence-electron chi connectivity index (χ3n) is 2.91. The smallest absolute Gasteiger partial charge is 0.251 e. The first-order valence-electron chi connectivity index (χ1n) is 5.95. The lowest BCUT2D eigenvalue weighted by molar-refractivity contribution is 0.0951. The van der Waals surface area contributed by atoms with Crippen LogP contribution in [0.5, 0.6) is 0 Å². The largest absolute Gasteiger partial charge is 0.398 e. The molecule has 4 heteroatoms. The summed E-state index contributed by atoms with van der Waals surface area (Å²) in [6.45, 7) is 2.39. The van der Waals surface area contributed by atoms with Crippen LogP contribution in [0.2, 0.25) is 0 Å². The molecule has 0 saturated carbocycles. The summed E-state index contributed by atoms with van der Waals surface area (Å²) < 4.78 is 0.997. The second kappa shape index (κ2) is 5.89. The number of nitrogens with one attached hydrogen (secondary N) is 1. The first kappa shape index (κ1) is 13.6. The van der Waals surface area contributed by atoms with Gasteiger partial charge in [-0.3, -0.25) is 4.79 Å². The average molecular weight is 319 g/mol. The average Bonchev–Trinajstić information content (AvgIpc) is 2.40. The van der Waals surface area contributed by atoms with Crippen LogP contribution >= 0.6 is 15.9 Å². The van der Waals surface area contributed by atoms with E-state index in [-0.39, 0.29) is 5.91 Å². The van der Waals surface area contributed by atoms with Gasteiger partial charge in [0.15, 0.2) is 0 Å². The van der Waals surface area contributed by atoms with Gasteiger partial charge in [0.05, 0.1) is 0 Å². The molecule has 0 fully saturated rings. The zero-order chi connectivity index (χ0) is 13.8. The number of rotatable bonds is 3. The highest BCUT2D eigenvalue weighted by atomic mass is 79.9. The molecule has 0 atom stereocenters. The third-order valence-corrected chi connectivity index (χ3v) is 3.80. The molecule has 2 aromatic carbocycles. The number of hydrogen-bond donors (Lipinski definition) is 2. The van der Waals surface area contributed by atoms with E-state index in [1.54, 1.807) is 6.07 Å². The van der Waals surface area contributed by atoms with E-state index in [2.05, 4.69) is 21.2 Å². The Balaban J connectivity index is 2.05. The molecule has 0 radical (unpaired) electrons. The number of carbonyl (C=O) groups is 1. The molecular weight excluding hydrogens is 304 g/mol. The van der Waals surface area contributed by atoms with Crippen molar-refractivity contribution in [3.63, 3.8) is 0 Å². The molecule has 2 aromatic rings. The first-order chi connectivity index (χ1) is 9.08. The predicted octanol–water partition coefficient (Wildman–Crippen LogP) is 3.27. The molecule has 3 N–H and O–H groups in total. The Kier molecular flexibility index (Phi) is 4.22. The van der Waals surface area contributed by atoms with Crippen LogP contribution in [0.1, 0.15) is 21.5 Å². The zero-order valence-corrected chi connectivity index (χ0v) is 12.2. The Morgan fingerprint density at radius 3 is 2.68 bits per heavy atom. The van der Waals surface area contributed by atoms with Crippen molar-refractivity contribution in [3.8, 4) is 0 Å². The standard InChI is InChI=1S/C15H15BrN2O/c1-10-8-11(6-7-13(10)16)15(19)18-9-12-4-2-3-5-14(12)17/h2-8H,9,17H2,1H3,(H,18,19). The summed E-state index contributed by atoms with van der Waals surface area (Å²) in [6.07, 6.45) is 0. The Hall–Kier alpha value is -1.81. The van der Waals surface area contributed by atoms with Gasteiger partial charge in [0, 0.05) is 22.3 Å². The number of halogens is 1. The van der Waals surface area contributed by atoms with Gasteiger partial charge in [-0.2, -0.15) is 0 Å². The van der Waals surface area contributed by atoms with Crippen LogP contribution in [0, 0.1) is 6.92 Å². The minimum atomic E-state index is -0.0983. The molecule has 0 aliphatic carbocycles.